The topological polar surface area (TPSA) is 73.2 Å². The van der Waals surface area contributed by atoms with E-state index in [2.05, 4.69) is 10.8 Å². The lowest BCUT2D eigenvalue weighted by atomic mass is 10.0. The smallest absolute Gasteiger partial charge is 0.199 e. The predicted octanol–water partition coefficient (Wildman–Crippen LogP) is 1.91. The fourth-order valence-electron chi connectivity index (χ4n) is 2.12. The minimum Gasteiger partial charge on any atom is -0.199 e. The lowest BCUT2D eigenvalue weighted by molar-refractivity contribution is 0.454. The molecule has 0 bridgehead atoms. The Morgan fingerprint density at radius 2 is 2.05 bits per heavy atom. The highest BCUT2D eigenvalue weighted by molar-refractivity contribution is 7.87. The first-order chi connectivity index (χ1) is 9.76. The second-order valence-corrected chi connectivity index (χ2v) is 7.20. The molecule has 0 aromatic heterocycles. The van der Waals surface area contributed by atoms with Crippen LogP contribution in [0.1, 0.15) is 30.0 Å². The maximum atomic E-state index is 12.1. The summed E-state index contributed by atoms with van der Waals surface area (Å²) in [6, 6.07) is 7.90. The lowest BCUT2D eigenvalue weighted by Crippen LogP contribution is -2.43. The van der Waals surface area contributed by atoms with Crippen LogP contribution >= 0.6 is 0 Å². The van der Waals surface area contributed by atoms with Gasteiger partial charge in [0.15, 0.2) is 0 Å². The van der Waals surface area contributed by atoms with Crippen LogP contribution in [0.2, 0.25) is 0 Å². The molecule has 116 valence electrons. The third-order valence-electron chi connectivity index (χ3n) is 3.32. The summed E-state index contributed by atoms with van der Waals surface area (Å²) in [6.45, 7) is 6.10. The average molecular weight is 309 g/mol. The molecule has 0 saturated carbocycles. The molecule has 0 aliphatic heterocycles. The first-order valence-electron chi connectivity index (χ1n) is 6.93. The second-order valence-electron chi connectivity index (χ2n) is 5.39. The Morgan fingerprint density at radius 1 is 1.38 bits per heavy atom. The molecule has 0 heterocycles. The van der Waals surface area contributed by atoms with Crippen LogP contribution < -0.4 is 4.72 Å². The summed E-state index contributed by atoms with van der Waals surface area (Å²) in [4.78, 5) is 0. The molecule has 0 spiro atoms. The molecule has 5 nitrogen and oxygen atoms in total. The number of hydrogen-bond donors (Lipinski definition) is 1. The highest BCUT2D eigenvalue weighted by Gasteiger charge is 2.20. The quantitative estimate of drug-likeness (QED) is 0.836. The third-order valence-corrected chi connectivity index (χ3v) is 5.03. The van der Waals surface area contributed by atoms with Gasteiger partial charge in [0.2, 0.25) is 0 Å². The highest BCUT2D eigenvalue weighted by Crippen LogP contribution is 2.13. The van der Waals surface area contributed by atoms with Crippen LogP contribution in [-0.2, 0) is 16.6 Å². The maximum Gasteiger partial charge on any atom is 0.279 e. The summed E-state index contributed by atoms with van der Waals surface area (Å²) in [5, 5.41) is 8.52. The van der Waals surface area contributed by atoms with E-state index in [1.54, 1.807) is 0 Å². The summed E-state index contributed by atoms with van der Waals surface area (Å²) in [7, 11) is -2.06. The Hall–Kier alpha value is -1.42. The minimum absolute atomic E-state index is 0.183. The molecule has 6 heteroatoms. The summed E-state index contributed by atoms with van der Waals surface area (Å²) in [5.74, 6) is 0. The number of nitrogens with zero attached hydrogens (tertiary/aromatic N) is 2. The molecule has 1 N–H and O–H groups in total. The number of hydrogen-bond acceptors (Lipinski definition) is 3. The highest BCUT2D eigenvalue weighted by atomic mass is 32.2. The van der Waals surface area contributed by atoms with Gasteiger partial charge in [0, 0.05) is 26.1 Å². The van der Waals surface area contributed by atoms with Crippen LogP contribution in [0, 0.1) is 25.2 Å². The van der Waals surface area contributed by atoms with Crippen molar-refractivity contribution in [3.8, 4) is 6.07 Å². The van der Waals surface area contributed by atoms with Crippen molar-refractivity contribution < 1.29 is 8.42 Å². The standard InChI is InChI=1S/C15H23N3O2S/c1-12-6-7-15(13(2)10-12)11-14(3)17-21(19,20)18(4)9-5-8-16/h6-7,10,14,17H,5,9,11H2,1-4H3/t14-/m1/s1. The molecule has 0 amide bonds. The van der Waals surface area contributed by atoms with Crippen LogP contribution in [-0.4, -0.2) is 32.4 Å². The summed E-state index contributed by atoms with van der Waals surface area (Å²) in [6.07, 6.45) is 0.820. The van der Waals surface area contributed by atoms with Crippen molar-refractivity contribution in [3.05, 3.63) is 34.9 Å². The fourth-order valence-corrected chi connectivity index (χ4v) is 3.22. The molecule has 1 aromatic carbocycles. The van der Waals surface area contributed by atoms with Crippen molar-refractivity contribution in [1.82, 2.24) is 9.03 Å². The second kappa shape index (κ2) is 7.55. The average Bonchev–Trinajstić information content (AvgIpc) is 2.38. The monoisotopic (exact) mass is 309 g/mol. The molecule has 0 fully saturated rings. The molecule has 0 unspecified atom stereocenters. The normalized spacial score (nSPS) is 13.1. The van der Waals surface area contributed by atoms with E-state index in [1.807, 2.05) is 39.0 Å². The SMILES string of the molecule is Cc1ccc(C[C@@H](C)NS(=O)(=O)N(C)CCC#N)c(C)c1. The van der Waals surface area contributed by atoms with Crippen molar-refractivity contribution in [2.45, 2.75) is 39.7 Å². The van der Waals surface area contributed by atoms with Crippen LogP contribution in [0.5, 0.6) is 0 Å². The lowest BCUT2D eigenvalue weighted by Gasteiger charge is -2.21. The summed E-state index contributed by atoms with van der Waals surface area (Å²) >= 11 is 0. The molecule has 21 heavy (non-hydrogen) atoms. The van der Waals surface area contributed by atoms with E-state index in [1.165, 1.54) is 22.5 Å². The summed E-state index contributed by atoms with van der Waals surface area (Å²) in [5.41, 5.74) is 3.50. The van der Waals surface area contributed by atoms with Gasteiger partial charge in [-0.1, -0.05) is 23.8 Å². The van der Waals surface area contributed by atoms with E-state index >= 15 is 0 Å². The van der Waals surface area contributed by atoms with Crippen LogP contribution in [0.25, 0.3) is 0 Å². The van der Waals surface area contributed by atoms with Gasteiger partial charge in [0.05, 0.1) is 6.07 Å². The van der Waals surface area contributed by atoms with Crippen molar-refractivity contribution in [1.29, 1.82) is 5.26 Å². The third kappa shape index (κ3) is 5.46. The number of aryl methyl sites for hydroxylation is 2. The van der Waals surface area contributed by atoms with Gasteiger partial charge in [-0.25, -0.2) is 0 Å². The van der Waals surface area contributed by atoms with Crippen LogP contribution in [0.15, 0.2) is 18.2 Å². The van der Waals surface area contributed by atoms with Crippen molar-refractivity contribution in [2.75, 3.05) is 13.6 Å². The molecule has 0 aliphatic rings. The van der Waals surface area contributed by atoms with E-state index in [0.717, 1.165) is 5.56 Å². The van der Waals surface area contributed by atoms with Crippen molar-refractivity contribution in [2.24, 2.45) is 0 Å². The molecule has 1 aromatic rings. The van der Waals surface area contributed by atoms with E-state index in [0.29, 0.717) is 6.42 Å². The van der Waals surface area contributed by atoms with Crippen LogP contribution in [0.4, 0.5) is 0 Å². The minimum atomic E-state index is -3.54. The Balaban J connectivity index is 2.68. The zero-order valence-corrected chi connectivity index (χ0v) is 13.9. The molecule has 0 radical (unpaired) electrons. The molecule has 1 rings (SSSR count). The largest absolute Gasteiger partial charge is 0.279 e. The first kappa shape index (κ1) is 17.6. The van der Waals surface area contributed by atoms with Gasteiger partial charge in [0.1, 0.15) is 0 Å². The Kier molecular flexibility index (Phi) is 6.34. The molecular formula is C15H23N3O2S. The van der Waals surface area contributed by atoms with E-state index < -0.39 is 10.2 Å². The van der Waals surface area contributed by atoms with Gasteiger partial charge in [-0.2, -0.15) is 22.7 Å². The Bertz CT molecular complexity index is 620. The number of nitrogens with one attached hydrogen (secondary N) is 1. The zero-order valence-electron chi connectivity index (χ0n) is 13.0. The van der Waals surface area contributed by atoms with Crippen LogP contribution in [0.3, 0.4) is 0 Å². The van der Waals surface area contributed by atoms with Gasteiger partial charge in [0.25, 0.3) is 10.2 Å². The van der Waals surface area contributed by atoms with E-state index in [-0.39, 0.29) is 19.0 Å². The zero-order chi connectivity index (χ0) is 16.0. The summed E-state index contributed by atoms with van der Waals surface area (Å²) < 4.78 is 28.0. The number of rotatable bonds is 7. The number of benzene rings is 1. The molecule has 0 saturated heterocycles. The Labute approximate surface area is 127 Å². The maximum absolute atomic E-state index is 12.1. The van der Waals surface area contributed by atoms with Gasteiger partial charge >= 0.3 is 0 Å². The van der Waals surface area contributed by atoms with Gasteiger partial charge in [-0.15, -0.1) is 0 Å². The predicted molar refractivity (Wildman–Crippen MR) is 84.0 cm³/mol. The molecule has 0 aliphatic carbocycles. The number of nitriles is 1. The first-order valence-corrected chi connectivity index (χ1v) is 8.37. The van der Waals surface area contributed by atoms with Crippen molar-refractivity contribution >= 4 is 10.2 Å². The Morgan fingerprint density at radius 3 is 2.62 bits per heavy atom. The van der Waals surface area contributed by atoms with E-state index in [9.17, 15) is 8.42 Å². The molecule has 1 atom stereocenters. The molecular weight excluding hydrogens is 286 g/mol. The van der Waals surface area contributed by atoms with Crippen molar-refractivity contribution in [3.63, 3.8) is 0 Å². The van der Waals surface area contributed by atoms with Gasteiger partial charge < -0.3 is 0 Å². The van der Waals surface area contributed by atoms with Gasteiger partial charge in [-0.3, -0.25) is 0 Å². The van der Waals surface area contributed by atoms with E-state index in [4.69, 9.17) is 5.26 Å². The fraction of sp³-hybridized carbons (Fsp3) is 0.533. The van der Waals surface area contributed by atoms with Gasteiger partial charge in [-0.05, 0) is 38.3 Å².